The lowest BCUT2D eigenvalue weighted by Gasteiger charge is -2.17. The Morgan fingerprint density at radius 1 is 1.41 bits per heavy atom. The third-order valence-electron chi connectivity index (χ3n) is 2.69. The summed E-state index contributed by atoms with van der Waals surface area (Å²) in [5.74, 6) is 2.30. The number of hydrogen-bond donors (Lipinski definition) is 1. The number of hydrogen-bond acceptors (Lipinski definition) is 3. The Bertz CT molecular complexity index is 571. The summed E-state index contributed by atoms with van der Waals surface area (Å²) in [7, 11) is -2.11. The van der Waals surface area contributed by atoms with E-state index in [0.29, 0.717) is 11.3 Å². The Labute approximate surface area is 102 Å². The van der Waals surface area contributed by atoms with Crippen LogP contribution in [0.1, 0.15) is 11.1 Å². The van der Waals surface area contributed by atoms with Gasteiger partial charge in [0.25, 0.3) is 0 Å². The minimum atomic E-state index is -3.56. The molecule has 0 spiro atoms. The fourth-order valence-electron chi connectivity index (χ4n) is 1.50. The summed E-state index contributed by atoms with van der Waals surface area (Å²) >= 11 is 0. The summed E-state index contributed by atoms with van der Waals surface area (Å²) in [6, 6.07) is 3.25. The SMILES string of the molecule is C#CCN(C)S(=O)(=O)c1ccc(C)c(N)c1C. The first kappa shape index (κ1) is 13.6. The molecule has 0 aromatic heterocycles. The molecular formula is C12H16N2O2S. The minimum Gasteiger partial charge on any atom is -0.398 e. The van der Waals surface area contributed by atoms with Crippen LogP contribution in [0.3, 0.4) is 0 Å². The van der Waals surface area contributed by atoms with Crippen LogP contribution < -0.4 is 5.73 Å². The normalized spacial score (nSPS) is 11.5. The first-order chi connectivity index (χ1) is 7.82. The summed E-state index contributed by atoms with van der Waals surface area (Å²) in [5, 5.41) is 0. The van der Waals surface area contributed by atoms with Gasteiger partial charge >= 0.3 is 0 Å². The van der Waals surface area contributed by atoms with Crippen molar-refractivity contribution < 1.29 is 8.42 Å². The standard InChI is InChI=1S/C12H16N2O2S/c1-5-8-14(4)17(15,16)11-7-6-9(2)12(13)10(11)3/h1,6-7H,8,13H2,2-4H3. The first-order valence-electron chi connectivity index (χ1n) is 5.08. The van der Waals surface area contributed by atoms with E-state index in [1.165, 1.54) is 7.05 Å². The topological polar surface area (TPSA) is 63.4 Å². The van der Waals surface area contributed by atoms with Gasteiger partial charge in [-0.2, -0.15) is 4.31 Å². The number of benzene rings is 1. The van der Waals surface area contributed by atoms with E-state index in [9.17, 15) is 8.42 Å². The van der Waals surface area contributed by atoms with Gasteiger partial charge in [-0.15, -0.1) is 6.42 Å². The lowest BCUT2D eigenvalue weighted by atomic mass is 10.1. The molecule has 2 N–H and O–H groups in total. The summed E-state index contributed by atoms with van der Waals surface area (Å²) in [5.41, 5.74) is 7.76. The molecule has 0 fully saturated rings. The highest BCUT2D eigenvalue weighted by molar-refractivity contribution is 7.89. The van der Waals surface area contributed by atoms with Crippen LogP contribution >= 0.6 is 0 Å². The first-order valence-corrected chi connectivity index (χ1v) is 6.52. The lowest BCUT2D eigenvalue weighted by Crippen LogP contribution is -2.28. The van der Waals surface area contributed by atoms with Crippen LogP contribution in [0.15, 0.2) is 17.0 Å². The zero-order valence-electron chi connectivity index (χ0n) is 10.2. The molecule has 92 valence electrons. The van der Waals surface area contributed by atoms with Crippen molar-refractivity contribution in [3.8, 4) is 12.3 Å². The van der Waals surface area contributed by atoms with Crippen molar-refractivity contribution in [1.82, 2.24) is 4.31 Å². The molecule has 1 rings (SSSR count). The summed E-state index contributed by atoms with van der Waals surface area (Å²) < 4.78 is 25.5. The number of anilines is 1. The van der Waals surface area contributed by atoms with Crippen molar-refractivity contribution in [3.05, 3.63) is 23.3 Å². The second-order valence-corrected chi connectivity index (χ2v) is 5.90. The zero-order valence-corrected chi connectivity index (χ0v) is 11.0. The molecule has 1 aromatic carbocycles. The van der Waals surface area contributed by atoms with E-state index in [0.717, 1.165) is 9.87 Å². The van der Waals surface area contributed by atoms with E-state index in [1.807, 2.05) is 6.92 Å². The Kier molecular flexibility index (Phi) is 3.81. The fourth-order valence-corrected chi connectivity index (χ4v) is 2.82. The molecule has 4 nitrogen and oxygen atoms in total. The molecule has 0 aliphatic rings. The Hall–Kier alpha value is -1.51. The van der Waals surface area contributed by atoms with Gasteiger partial charge in [0.05, 0.1) is 11.4 Å². The maximum atomic E-state index is 12.2. The van der Waals surface area contributed by atoms with Gasteiger partial charge in [0.15, 0.2) is 0 Å². The molecule has 0 heterocycles. The number of terminal acetylenes is 1. The van der Waals surface area contributed by atoms with Gasteiger partial charge in [0.1, 0.15) is 0 Å². The number of nitrogens with zero attached hydrogens (tertiary/aromatic N) is 1. The molecule has 0 radical (unpaired) electrons. The smallest absolute Gasteiger partial charge is 0.244 e. The average molecular weight is 252 g/mol. The molecule has 0 amide bonds. The van der Waals surface area contributed by atoms with Gasteiger partial charge in [0, 0.05) is 12.7 Å². The largest absolute Gasteiger partial charge is 0.398 e. The molecular weight excluding hydrogens is 236 g/mol. The fraction of sp³-hybridized carbons (Fsp3) is 0.333. The average Bonchev–Trinajstić information content (AvgIpc) is 2.26. The van der Waals surface area contributed by atoms with Gasteiger partial charge in [-0.3, -0.25) is 0 Å². The highest BCUT2D eigenvalue weighted by atomic mass is 32.2. The Morgan fingerprint density at radius 2 is 2.00 bits per heavy atom. The molecule has 0 unspecified atom stereocenters. The molecule has 5 heteroatoms. The van der Waals surface area contributed by atoms with Crippen LogP contribution in [0, 0.1) is 26.2 Å². The van der Waals surface area contributed by atoms with Crippen molar-refractivity contribution >= 4 is 15.7 Å². The second kappa shape index (κ2) is 4.78. The molecule has 1 aromatic rings. The Balaban J connectivity index is 3.36. The maximum absolute atomic E-state index is 12.2. The van der Waals surface area contributed by atoms with E-state index in [4.69, 9.17) is 12.2 Å². The predicted octanol–water partition coefficient (Wildman–Crippen LogP) is 1.14. The van der Waals surface area contributed by atoms with E-state index in [2.05, 4.69) is 5.92 Å². The number of rotatable bonds is 3. The van der Waals surface area contributed by atoms with E-state index in [1.54, 1.807) is 19.1 Å². The van der Waals surface area contributed by atoms with E-state index >= 15 is 0 Å². The third-order valence-corrected chi connectivity index (χ3v) is 4.63. The zero-order chi connectivity index (χ0) is 13.2. The van der Waals surface area contributed by atoms with Crippen molar-refractivity contribution in [1.29, 1.82) is 0 Å². The van der Waals surface area contributed by atoms with Crippen LogP contribution in [0.4, 0.5) is 5.69 Å². The number of nitrogens with two attached hydrogens (primary N) is 1. The van der Waals surface area contributed by atoms with E-state index in [-0.39, 0.29) is 11.4 Å². The monoisotopic (exact) mass is 252 g/mol. The molecule has 17 heavy (non-hydrogen) atoms. The van der Waals surface area contributed by atoms with Gasteiger partial charge in [-0.25, -0.2) is 8.42 Å². The van der Waals surface area contributed by atoms with E-state index < -0.39 is 10.0 Å². The van der Waals surface area contributed by atoms with Crippen LogP contribution in [0.2, 0.25) is 0 Å². The summed E-state index contributed by atoms with van der Waals surface area (Å²) in [6.07, 6.45) is 5.12. The van der Waals surface area contributed by atoms with Gasteiger partial charge in [0.2, 0.25) is 10.0 Å². The number of nitrogen functional groups attached to an aromatic ring is 1. The molecule has 0 atom stereocenters. The van der Waals surface area contributed by atoms with Crippen molar-refractivity contribution in [2.75, 3.05) is 19.3 Å². The maximum Gasteiger partial charge on any atom is 0.244 e. The van der Waals surface area contributed by atoms with Crippen LogP contribution in [-0.2, 0) is 10.0 Å². The van der Waals surface area contributed by atoms with Crippen LogP contribution in [-0.4, -0.2) is 26.3 Å². The van der Waals surface area contributed by atoms with Gasteiger partial charge in [-0.05, 0) is 31.0 Å². The molecule has 0 aliphatic carbocycles. The number of aryl methyl sites for hydroxylation is 1. The lowest BCUT2D eigenvalue weighted by molar-refractivity contribution is 0.502. The number of sulfonamides is 1. The third kappa shape index (κ3) is 2.43. The predicted molar refractivity (Wildman–Crippen MR) is 69.0 cm³/mol. The van der Waals surface area contributed by atoms with Gasteiger partial charge in [-0.1, -0.05) is 12.0 Å². The molecule has 0 bridgehead atoms. The van der Waals surface area contributed by atoms with Crippen molar-refractivity contribution in [2.24, 2.45) is 0 Å². The van der Waals surface area contributed by atoms with Gasteiger partial charge < -0.3 is 5.73 Å². The highest BCUT2D eigenvalue weighted by Gasteiger charge is 2.23. The summed E-state index contributed by atoms with van der Waals surface area (Å²) in [4.78, 5) is 0.207. The quantitative estimate of drug-likeness (QED) is 0.648. The van der Waals surface area contributed by atoms with Crippen LogP contribution in [0.5, 0.6) is 0 Å². The van der Waals surface area contributed by atoms with Crippen molar-refractivity contribution in [2.45, 2.75) is 18.7 Å². The second-order valence-electron chi connectivity index (χ2n) is 3.88. The molecule has 0 saturated heterocycles. The van der Waals surface area contributed by atoms with Crippen LogP contribution in [0.25, 0.3) is 0 Å². The summed E-state index contributed by atoms with van der Waals surface area (Å²) in [6.45, 7) is 3.57. The minimum absolute atomic E-state index is 0.0373. The van der Waals surface area contributed by atoms with Crippen molar-refractivity contribution in [3.63, 3.8) is 0 Å². The molecule has 0 aliphatic heterocycles. The molecule has 0 saturated carbocycles. The Morgan fingerprint density at radius 3 is 2.53 bits per heavy atom. The highest BCUT2D eigenvalue weighted by Crippen LogP contribution is 2.25.